The maximum atomic E-state index is 12.8. The van der Waals surface area contributed by atoms with Gasteiger partial charge in [0.15, 0.2) is 11.9 Å². The number of aliphatic hydroxyl groups excluding tert-OH is 4. The monoisotopic (exact) mass is 697 g/mol. The zero-order valence-corrected chi connectivity index (χ0v) is 27.9. The summed E-state index contributed by atoms with van der Waals surface area (Å²) in [5.74, 6) is -0.255. The van der Waals surface area contributed by atoms with E-state index in [4.69, 9.17) is 45.7 Å². The Labute approximate surface area is 266 Å². The lowest BCUT2D eigenvalue weighted by atomic mass is 10.1. The van der Waals surface area contributed by atoms with Gasteiger partial charge in [0, 0.05) is 46.4 Å². The van der Waals surface area contributed by atoms with E-state index < -0.39 is 58.1 Å². The van der Waals surface area contributed by atoms with Crippen molar-refractivity contribution in [1.82, 2.24) is 24.6 Å². The molecular weight excluding hydrogens is 652 g/mol. The number of aromatic nitrogens is 4. The molecule has 5 heterocycles. The molecule has 10 N–H and O–H groups in total. The zero-order chi connectivity index (χ0) is 35.1. The first-order valence-electron chi connectivity index (χ1n) is 13.8. The molecule has 2 aromatic rings. The maximum absolute atomic E-state index is 12.8. The largest absolute Gasteiger partial charge is 0.400 e. The third-order valence-corrected chi connectivity index (χ3v) is 10.3. The van der Waals surface area contributed by atoms with Crippen LogP contribution in [0.4, 0.5) is 5.82 Å². The summed E-state index contributed by atoms with van der Waals surface area (Å²) in [6.07, 6.45) is 6.90. The summed E-state index contributed by atoms with van der Waals surface area (Å²) in [7, 11) is -4.98. The quantitative estimate of drug-likeness (QED) is 0.160. The average Bonchev–Trinajstić information content (AvgIpc) is 3.81. The van der Waals surface area contributed by atoms with E-state index in [-0.39, 0.29) is 5.82 Å². The second-order valence-corrected chi connectivity index (χ2v) is 13.4. The van der Waals surface area contributed by atoms with Crippen molar-refractivity contribution in [2.75, 3.05) is 46.5 Å². The second-order valence-electron chi connectivity index (χ2n) is 9.44. The molecule has 6 unspecified atom stereocenters. The standard InChI is InChI=1S/C21H29N7O8P2.4CH4O/c22-19-16-8-26-28(21(16)25-12-24-19)18-6-4-15(35-18)11-38(32,33)36-37(30,31)10-14-3-5-17(34-14)27-7-1-2-13(9-27)20(23)29;4*1-2/h1,7-9,12,14-15,17-18H,2-6,10-11H2,(H2,23,29)(H,30,31)(H,32,33)(H2,22,24,25);4*2H,1H3. The lowest BCUT2D eigenvalue weighted by Gasteiger charge is -2.27. The van der Waals surface area contributed by atoms with Crippen LogP contribution in [0, 0.1) is 0 Å². The van der Waals surface area contributed by atoms with Gasteiger partial charge in [0.2, 0.25) is 5.91 Å². The van der Waals surface area contributed by atoms with Gasteiger partial charge in [-0.2, -0.15) is 5.10 Å². The highest BCUT2D eigenvalue weighted by Crippen LogP contribution is 2.61. The van der Waals surface area contributed by atoms with Gasteiger partial charge in [0.1, 0.15) is 18.4 Å². The number of hydrogen-bond donors (Lipinski definition) is 8. The number of aliphatic hydroxyl groups is 4. The molecule has 2 aromatic heterocycles. The van der Waals surface area contributed by atoms with E-state index in [1.54, 1.807) is 23.4 Å². The lowest BCUT2D eigenvalue weighted by molar-refractivity contribution is -0.114. The van der Waals surface area contributed by atoms with Crippen LogP contribution >= 0.6 is 15.2 Å². The first-order valence-corrected chi connectivity index (χ1v) is 17.4. The minimum absolute atomic E-state index is 0.277. The van der Waals surface area contributed by atoms with Crippen molar-refractivity contribution in [3.05, 3.63) is 36.6 Å². The minimum Gasteiger partial charge on any atom is -0.400 e. The van der Waals surface area contributed by atoms with Crippen LogP contribution in [-0.4, -0.2) is 120 Å². The fourth-order valence-corrected chi connectivity index (χ4v) is 8.53. The van der Waals surface area contributed by atoms with Crippen molar-refractivity contribution >= 4 is 37.9 Å². The molecular formula is C25H45N7O12P2. The SMILES string of the molecule is CO.CO.CO.CO.NC(=O)C1=CN(C2CCC(CP(=O)(O)OP(=O)(O)CC3CCC(n4ncc5c(N)ncnc54)O3)O2)C=CC1. The van der Waals surface area contributed by atoms with Crippen LogP contribution in [0.15, 0.2) is 36.6 Å². The molecule has 21 heteroatoms. The molecule has 46 heavy (non-hydrogen) atoms. The second kappa shape index (κ2) is 19.8. The number of rotatable bonds is 9. The Morgan fingerprint density at radius 1 is 0.935 bits per heavy atom. The van der Waals surface area contributed by atoms with Crippen LogP contribution in [0.5, 0.6) is 0 Å². The Kier molecular flexibility index (Phi) is 17.7. The van der Waals surface area contributed by atoms with Gasteiger partial charge in [0.25, 0.3) is 0 Å². The number of nitrogens with two attached hydrogens (primary N) is 2. The summed E-state index contributed by atoms with van der Waals surface area (Å²) in [5.41, 5.74) is 12.1. The number of amides is 1. The minimum atomic E-state index is -4.49. The fraction of sp³-hybridized carbons (Fsp3) is 0.600. The molecule has 2 saturated heterocycles. The summed E-state index contributed by atoms with van der Waals surface area (Å²) < 4.78 is 43.7. The first-order chi connectivity index (χ1) is 22.0. The number of nitrogens with zero attached hydrogens (tertiary/aromatic N) is 5. The van der Waals surface area contributed by atoms with E-state index in [0.29, 0.717) is 48.7 Å². The summed E-state index contributed by atoms with van der Waals surface area (Å²) in [6.45, 7) is 0. The van der Waals surface area contributed by atoms with Crippen LogP contribution in [0.2, 0.25) is 0 Å². The zero-order valence-electron chi connectivity index (χ0n) is 26.1. The van der Waals surface area contributed by atoms with E-state index >= 15 is 0 Å². The van der Waals surface area contributed by atoms with Gasteiger partial charge in [-0.05, 0) is 32.1 Å². The van der Waals surface area contributed by atoms with Crippen molar-refractivity contribution in [3.8, 4) is 0 Å². The van der Waals surface area contributed by atoms with Gasteiger partial charge < -0.3 is 56.1 Å². The van der Waals surface area contributed by atoms with Crippen molar-refractivity contribution in [2.24, 2.45) is 5.73 Å². The topological polar surface area (TPSA) is 299 Å². The summed E-state index contributed by atoms with van der Waals surface area (Å²) in [4.78, 5) is 42.0. The molecule has 0 saturated carbocycles. The van der Waals surface area contributed by atoms with Crippen molar-refractivity contribution in [2.45, 2.75) is 56.8 Å². The lowest BCUT2D eigenvalue weighted by Crippen LogP contribution is -2.30. The molecule has 0 spiro atoms. The third-order valence-electron chi connectivity index (χ3n) is 6.56. The van der Waals surface area contributed by atoms with Crippen LogP contribution in [-0.2, 0) is 27.7 Å². The van der Waals surface area contributed by atoms with Crippen molar-refractivity contribution < 1.29 is 57.9 Å². The number of carbonyl (C=O) groups is 1. The fourth-order valence-electron chi connectivity index (χ4n) is 4.83. The number of ether oxygens (including phenoxy) is 2. The number of hydrogen-bond acceptors (Lipinski definition) is 15. The summed E-state index contributed by atoms with van der Waals surface area (Å²) >= 11 is 0. The smallest absolute Gasteiger partial charge is 0.337 e. The number of allylic oxidation sites excluding steroid dienone is 1. The van der Waals surface area contributed by atoms with E-state index in [9.17, 15) is 23.7 Å². The molecule has 0 bridgehead atoms. The Bertz CT molecular complexity index is 1390. The molecule has 3 aliphatic rings. The Morgan fingerprint density at radius 2 is 1.48 bits per heavy atom. The van der Waals surface area contributed by atoms with Crippen LogP contribution in [0.3, 0.4) is 0 Å². The first kappa shape index (κ1) is 41.2. The predicted octanol–water partition coefficient (Wildman–Crippen LogP) is 0.00120. The number of fused-ring (bicyclic) bond motifs is 1. The van der Waals surface area contributed by atoms with E-state index in [2.05, 4.69) is 15.1 Å². The van der Waals surface area contributed by atoms with E-state index in [1.165, 1.54) is 17.2 Å². The number of nitrogen functional groups attached to an aromatic ring is 1. The molecule has 0 aliphatic carbocycles. The van der Waals surface area contributed by atoms with Gasteiger partial charge in [0.05, 0.1) is 36.1 Å². The molecule has 0 radical (unpaired) electrons. The number of carbonyl (C=O) groups excluding carboxylic acids is 1. The Balaban J connectivity index is 0.00000123. The normalized spacial score (nSPS) is 24.3. The van der Waals surface area contributed by atoms with Gasteiger partial charge in [-0.15, -0.1) is 0 Å². The van der Waals surface area contributed by atoms with Gasteiger partial charge in [-0.3, -0.25) is 13.9 Å². The molecule has 262 valence electrons. The Morgan fingerprint density at radius 3 is 2.04 bits per heavy atom. The molecule has 3 aliphatic heterocycles. The highest BCUT2D eigenvalue weighted by atomic mass is 31.3. The van der Waals surface area contributed by atoms with Crippen molar-refractivity contribution in [3.63, 3.8) is 0 Å². The number of anilines is 1. The molecule has 2 fully saturated rings. The number of primary amides is 1. The summed E-state index contributed by atoms with van der Waals surface area (Å²) in [5, 5.41) is 32.8. The summed E-state index contributed by atoms with van der Waals surface area (Å²) in [6, 6.07) is 0. The molecule has 6 atom stereocenters. The van der Waals surface area contributed by atoms with E-state index in [1.807, 2.05) is 0 Å². The third kappa shape index (κ3) is 11.5. The highest BCUT2D eigenvalue weighted by Gasteiger charge is 2.41. The highest BCUT2D eigenvalue weighted by molar-refractivity contribution is 7.66. The van der Waals surface area contributed by atoms with Crippen LogP contribution < -0.4 is 11.5 Å². The Hall–Kier alpha value is -2.80. The van der Waals surface area contributed by atoms with E-state index in [0.717, 1.165) is 28.4 Å². The van der Waals surface area contributed by atoms with Gasteiger partial charge in [-0.1, -0.05) is 6.08 Å². The maximum Gasteiger partial charge on any atom is 0.337 e. The average molecular weight is 698 g/mol. The molecule has 1 amide bonds. The van der Waals surface area contributed by atoms with Crippen molar-refractivity contribution in [1.29, 1.82) is 0 Å². The van der Waals surface area contributed by atoms with Gasteiger partial charge in [-0.25, -0.2) is 19.0 Å². The molecule has 5 rings (SSSR count). The molecule has 19 nitrogen and oxygen atoms in total. The van der Waals surface area contributed by atoms with Crippen LogP contribution in [0.1, 0.15) is 38.3 Å². The predicted molar refractivity (Wildman–Crippen MR) is 167 cm³/mol. The molecule has 0 aromatic carbocycles. The van der Waals surface area contributed by atoms with Crippen LogP contribution in [0.25, 0.3) is 11.0 Å². The van der Waals surface area contributed by atoms with Gasteiger partial charge >= 0.3 is 15.2 Å².